The van der Waals surface area contributed by atoms with Gasteiger partial charge in [-0.2, -0.15) is 52.3 Å². The van der Waals surface area contributed by atoms with Gasteiger partial charge in [0.15, 0.2) is 0 Å². The van der Waals surface area contributed by atoms with Gasteiger partial charge in [0.1, 0.15) is 0 Å². The Hall–Kier alpha value is -1.64. The number of benzene rings is 1. The molecule has 0 fully saturated rings. The zero-order chi connectivity index (χ0) is 23.8. The molecule has 1 rings (SSSR count). The quantitative estimate of drug-likeness (QED) is 0.276. The molecule has 0 aliphatic carbocycles. The summed E-state index contributed by atoms with van der Waals surface area (Å²) >= 11 is 0. The molecular weight excluding hydrogens is 469 g/mol. The van der Waals surface area contributed by atoms with Crippen molar-refractivity contribution in [2.45, 2.75) is 54.5 Å². The van der Waals surface area contributed by atoms with Gasteiger partial charge in [0.25, 0.3) is 15.8 Å². The lowest BCUT2D eigenvalue weighted by Gasteiger charge is -2.39. The van der Waals surface area contributed by atoms with E-state index in [1.807, 2.05) is 0 Å². The topological polar surface area (TPSA) is 43.4 Å². The van der Waals surface area contributed by atoms with Gasteiger partial charge in [-0.1, -0.05) is 17.7 Å². The highest BCUT2D eigenvalue weighted by Gasteiger charge is 2.86. The smallest absolute Gasteiger partial charge is 0.266 e. The molecule has 0 aliphatic rings. The molecule has 0 spiro atoms. The van der Waals surface area contributed by atoms with E-state index in [9.17, 15) is 56.7 Å². The zero-order valence-electron chi connectivity index (χ0n) is 14.7. The van der Waals surface area contributed by atoms with Crippen LogP contribution in [0.5, 0.6) is 0 Å². The molecule has 0 radical (unpaired) electrons. The van der Waals surface area contributed by atoms with Gasteiger partial charge in [-0.25, -0.2) is 4.39 Å². The summed E-state index contributed by atoms with van der Waals surface area (Å²) in [6, 6.07) is 4.62. The molecule has 0 saturated carbocycles. The van der Waals surface area contributed by atoms with Crippen LogP contribution in [0, 0.1) is 6.92 Å². The number of rotatable bonds is 8. The molecule has 1 aromatic carbocycles. The average molecular weight is 482 g/mol. The number of hydrogen-bond acceptors (Lipinski definition) is 3. The maximum atomic E-state index is 14.0. The first kappa shape index (κ1) is 26.4. The van der Waals surface area contributed by atoms with E-state index < -0.39 is 64.3 Å². The first-order valence-corrected chi connectivity index (χ1v) is 9.15. The maximum Gasteiger partial charge on any atom is 0.460 e. The molecule has 15 heteroatoms. The van der Waals surface area contributed by atoms with Crippen LogP contribution in [0.15, 0.2) is 29.2 Å². The van der Waals surface area contributed by atoms with Crippen LogP contribution in [-0.2, 0) is 14.3 Å². The van der Waals surface area contributed by atoms with Crippen molar-refractivity contribution in [1.29, 1.82) is 0 Å². The Morgan fingerprint density at radius 1 is 0.767 bits per heavy atom. The highest BCUT2D eigenvalue weighted by molar-refractivity contribution is 7.86. The Bertz CT molecular complexity index is 829. The zero-order valence-corrected chi connectivity index (χ0v) is 15.5. The van der Waals surface area contributed by atoms with Gasteiger partial charge in [-0.05, 0) is 31.9 Å². The van der Waals surface area contributed by atoms with E-state index in [-0.39, 0.29) is 0 Å². The van der Waals surface area contributed by atoms with Crippen LogP contribution >= 0.6 is 0 Å². The molecule has 1 unspecified atom stereocenters. The normalized spacial score (nSPS) is 16.4. The summed E-state index contributed by atoms with van der Waals surface area (Å²) in [7, 11) is -4.64. The van der Waals surface area contributed by atoms with Gasteiger partial charge in [0.05, 0.1) is 11.5 Å². The van der Waals surface area contributed by atoms with Crippen molar-refractivity contribution in [3.05, 3.63) is 29.8 Å². The molecular formula is C15H13F11O3S. The Kier molecular flexibility index (Phi) is 7.15. The third-order valence-corrected chi connectivity index (χ3v) is 5.24. The third kappa shape index (κ3) is 4.81. The number of aryl methyl sites for hydroxylation is 1. The molecule has 0 aromatic heterocycles. The summed E-state index contributed by atoms with van der Waals surface area (Å²) in [6.45, 7) is 0.178. The van der Waals surface area contributed by atoms with E-state index in [0.717, 1.165) is 12.1 Å². The van der Waals surface area contributed by atoms with E-state index in [4.69, 9.17) is 0 Å². The van der Waals surface area contributed by atoms with Crippen LogP contribution in [0.25, 0.3) is 0 Å². The highest BCUT2D eigenvalue weighted by atomic mass is 32.2. The van der Waals surface area contributed by atoms with E-state index in [0.29, 0.717) is 5.56 Å². The van der Waals surface area contributed by atoms with Crippen molar-refractivity contribution < 1.29 is 60.9 Å². The molecule has 1 aromatic rings. The first-order chi connectivity index (χ1) is 13.2. The fourth-order valence-electron chi connectivity index (χ4n) is 2.16. The summed E-state index contributed by atoms with van der Waals surface area (Å²) < 4.78 is 169. The molecule has 0 aliphatic heterocycles. The fraction of sp³-hybridized carbons (Fsp3) is 0.600. The van der Waals surface area contributed by atoms with Crippen molar-refractivity contribution in [2.24, 2.45) is 0 Å². The van der Waals surface area contributed by atoms with Crippen molar-refractivity contribution in [2.75, 3.05) is 6.61 Å². The molecule has 0 heterocycles. The Morgan fingerprint density at radius 3 is 1.63 bits per heavy atom. The van der Waals surface area contributed by atoms with Gasteiger partial charge in [-0.15, -0.1) is 0 Å². The van der Waals surface area contributed by atoms with Crippen LogP contribution in [0.4, 0.5) is 48.3 Å². The SMILES string of the molecule is Cc1ccc(S(=O)(=O)OCCCC(F)(C(F)(F)F)C(F)(F)C(F)(F)C(F)(F)F)cc1. The van der Waals surface area contributed by atoms with Crippen LogP contribution in [-0.4, -0.2) is 44.9 Å². The minimum Gasteiger partial charge on any atom is -0.266 e. The van der Waals surface area contributed by atoms with Crippen molar-refractivity contribution in [3.63, 3.8) is 0 Å². The molecule has 0 amide bonds. The summed E-state index contributed by atoms with van der Waals surface area (Å²) in [5.41, 5.74) is -5.72. The van der Waals surface area contributed by atoms with Gasteiger partial charge in [-0.3, -0.25) is 4.18 Å². The molecule has 30 heavy (non-hydrogen) atoms. The summed E-state index contributed by atoms with van der Waals surface area (Å²) in [4.78, 5) is -0.510. The van der Waals surface area contributed by atoms with Crippen molar-refractivity contribution in [3.8, 4) is 0 Å². The largest absolute Gasteiger partial charge is 0.460 e. The Labute approximate surface area is 162 Å². The lowest BCUT2D eigenvalue weighted by molar-refractivity contribution is -0.412. The summed E-state index contributed by atoms with van der Waals surface area (Å²) in [6.07, 6.45) is -18.2. The van der Waals surface area contributed by atoms with E-state index in [1.54, 1.807) is 6.92 Å². The van der Waals surface area contributed by atoms with E-state index >= 15 is 0 Å². The monoisotopic (exact) mass is 482 g/mol. The average Bonchev–Trinajstić information content (AvgIpc) is 2.56. The van der Waals surface area contributed by atoms with E-state index in [2.05, 4.69) is 4.18 Å². The van der Waals surface area contributed by atoms with Gasteiger partial charge >= 0.3 is 24.2 Å². The number of halogens is 11. The van der Waals surface area contributed by atoms with E-state index in [1.165, 1.54) is 12.1 Å². The molecule has 0 saturated heterocycles. The van der Waals surface area contributed by atoms with Crippen LogP contribution < -0.4 is 0 Å². The van der Waals surface area contributed by atoms with Crippen LogP contribution in [0.1, 0.15) is 18.4 Å². The predicted octanol–water partition coefficient (Wildman–Crippen LogP) is 5.58. The lowest BCUT2D eigenvalue weighted by Crippen LogP contribution is -2.67. The Balaban J connectivity index is 3.04. The second kappa shape index (κ2) is 8.13. The predicted molar refractivity (Wildman–Crippen MR) is 79.4 cm³/mol. The molecule has 0 bridgehead atoms. The standard InChI is InChI=1S/C15H13F11O3S/c1-9-3-5-10(6-4-9)30(27,28)29-8-2-7-11(16,14(21,22)23)12(17,18)13(19,20)15(24,25)26/h3-6H,2,7-8H2,1H3. The second-order valence-electron chi connectivity index (χ2n) is 6.14. The lowest BCUT2D eigenvalue weighted by atomic mass is 9.87. The molecule has 3 nitrogen and oxygen atoms in total. The van der Waals surface area contributed by atoms with Gasteiger partial charge in [0.2, 0.25) is 0 Å². The minimum atomic E-state index is -7.36. The molecule has 1 atom stereocenters. The number of alkyl halides is 11. The van der Waals surface area contributed by atoms with Gasteiger partial charge in [0, 0.05) is 0 Å². The summed E-state index contributed by atoms with van der Waals surface area (Å²) in [5, 5.41) is 0. The molecule has 174 valence electrons. The fourth-order valence-corrected chi connectivity index (χ4v) is 3.10. The number of hydrogen-bond donors (Lipinski definition) is 0. The Morgan fingerprint density at radius 2 is 1.23 bits per heavy atom. The summed E-state index contributed by atoms with van der Waals surface area (Å²) in [5.74, 6) is -14.6. The highest BCUT2D eigenvalue weighted by Crippen LogP contribution is 2.58. The van der Waals surface area contributed by atoms with Gasteiger partial charge < -0.3 is 0 Å². The van der Waals surface area contributed by atoms with Crippen molar-refractivity contribution >= 4 is 10.1 Å². The third-order valence-electron chi connectivity index (χ3n) is 3.91. The minimum absolute atomic E-state index is 0.510. The van der Waals surface area contributed by atoms with Crippen LogP contribution in [0.2, 0.25) is 0 Å². The maximum absolute atomic E-state index is 14.0. The molecule has 0 N–H and O–H groups in total. The van der Waals surface area contributed by atoms with Crippen LogP contribution in [0.3, 0.4) is 0 Å². The first-order valence-electron chi connectivity index (χ1n) is 7.75. The van der Waals surface area contributed by atoms with Crippen molar-refractivity contribution in [1.82, 2.24) is 0 Å². The second-order valence-corrected chi connectivity index (χ2v) is 7.75.